The van der Waals surface area contributed by atoms with Crippen LogP contribution in [0, 0.1) is 0 Å². The Kier molecular flexibility index (Phi) is 7.95. The highest BCUT2D eigenvalue weighted by Crippen LogP contribution is 2.25. The maximum absolute atomic E-state index is 13.1. The number of methoxy groups -OCH3 is 1. The van der Waals surface area contributed by atoms with Crippen LogP contribution in [0.2, 0.25) is 10.0 Å². The molecule has 10 heteroatoms. The molecular weight excluding hydrogens is 537 g/mol. The van der Waals surface area contributed by atoms with Crippen molar-refractivity contribution < 1.29 is 14.3 Å². The molecule has 8 nitrogen and oxygen atoms in total. The topological polar surface area (TPSA) is 87.7 Å². The highest BCUT2D eigenvalue weighted by molar-refractivity contribution is 6.36. The average molecular weight is 562 g/mol. The van der Waals surface area contributed by atoms with E-state index in [1.807, 2.05) is 42.5 Å². The van der Waals surface area contributed by atoms with Gasteiger partial charge in [-0.3, -0.25) is 9.59 Å². The zero-order chi connectivity index (χ0) is 27.4. The third-order valence-electron chi connectivity index (χ3n) is 6.47. The SMILES string of the molecule is COc1ccc(Nc2cc(-c3ccc(C(=O)N4CCN(C(=O)c5ccc(Cl)cc5Cl)CC4)cc3)ncn2)cc1. The molecule has 1 aliphatic heterocycles. The lowest BCUT2D eigenvalue weighted by Crippen LogP contribution is -2.50. The second-order valence-corrected chi connectivity index (χ2v) is 9.77. The molecule has 198 valence electrons. The number of aromatic nitrogens is 2. The number of halogens is 2. The standard InChI is InChI=1S/C29H25Cl2N5O3/c1-39-23-9-7-22(8-10-23)34-27-17-26(32-18-33-27)19-2-4-20(5-3-19)28(37)35-12-14-36(15-13-35)29(38)24-11-6-21(30)16-25(24)31/h2-11,16-18H,12-15H2,1H3,(H,32,33,34). The van der Waals surface area contributed by atoms with Gasteiger partial charge in [-0.05, 0) is 54.6 Å². The van der Waals surface area contributed by atoms with Crippen molar-refractivity contribution in [3.63, 3.8) is 0 Å². The van der Waals surface area contributed by atoms with Crippen molar-refractivity contribution in [3.8, 4) is 17.0 Å². The lowest BCUT2D eigenvalue weighted by Gasteiger charge is -2.35. The van der Waals surface area contributed by atoms with Gasteiger partial charge >= 0.3 is 0 Å². The zero-order valence-corrected chi connectivity index (χ0v) is 22.6. The number of hydrogen-bond donors (Lipinski definition) is 1. The maximum atomic E-state index is 13.1. The summed E-state index contributed by atoms with van der Waals surface area (Å²) in [4.78, 5) is 38.1. The van der Waals surface area contributed by atoms with Crippen LogP contribution in [0.25, 0.3) is 11.3 Å². The van der Waals surface area contributed by atoms with Crippen LogP contribution in [-0.2, 0) is 0 Å². The van der Waals surface area contributed by atoms with E-state index in [4.69, 9.17) is 27.9 Å². The van der Waals surface area contributed by atoms with Crippen LogP contribution >= 0.6 is 23.2 Å². The molecule has 0 aliphatic carbocycles. The smallest absolute Gasteiger partial charge is 0.255 e. The molecule has 5 rings (SSSR count). The van der Waals surface area contributed by atoms with Crippen LogP contribution in [-0.4, -0.2) is 64.9 Å². The van der Waals surface area contributed by atoms with E-state index >= 15 is 0 Å². The van der Waals surface area contributed by atoms with Crippen molar-refractivity contribution >= 4 is 46.5 Å². The summed E-state index contributed by atoms with van der Waals surface area (Å²) in [5.74, 6) is 1.18. The number of rotatable bonds is 6. The quantitative estimate of drug-likeness (QED) is 0.320. The molecule has 0 atom stereocenters. The average Bonchev–Trinajstić information content (AvgIpc) is 2.97. The minimum Gasteiger partial charge on any atom is -0.497 e. The first-order valence-corrected chi connectivity index (χ1v) is 13.0. The molecule has 1 N–H and O–H groups in total. The predicted octanol–water partition coefficient (Wildman–Crippen LogP) is 5.80. The summed E-state index contributed by atoms with van der Waals surface area (Å²) in [5, 5.41) is 4.05. The normalized spacial score (nSPS) is 13.2. The molecule has 2 heterocycles. The summed E-state index contributed by atoms with van der Waals surface area (Å²) >= 11 is 12.1. The van der Waals surface area contributed by atoms with Gasteiger partial charge in [0.2, 0.25) is 0 Å². The minimum atomic E-state index is -0.168. The summed E-state index contributed by atoms with van der Waals surface area (Å²) in [7, 11) is 1.63. The van der Waals surface area contributed by atoms with Gasteiger partial charge in [0.15, 0.2) is 0 Å². The van der Waals surface area contributed by atoms with Crippen molar-refractivity contribution in [2.75, 3.05) is 38.6 Å². The number of carbonyl (C=O) groups excluding carboxylic acids is 2. The van der Waals surface area contributed by atoms with Crippen molar-refractivity contribution in [2.45, 2.75) is 0 Å². The number of anilines is 2. The Morgan fingerprint density at radius 1 is 0.821 bits per heavy atom. The van der Waals surface area contributed by atoms with Gasteiger partial charge in [0, 0.05) is 54.1 Å². The number of carbonyl (C=O) groups is 2. The van der Waals surface area contributed by atoms with E-state index in [1.165, 1.54) is 6.33 Å². The third-order valence-corrected chi connectivity index (χ3v) is 7.02. The van der Waals surface area contributed by atoms with Crippen LogP contribution < -0.4 is 10.1 Å². The van der Waals surface area contributed by atoms with Crippen molar-refractivity contribution in [2.24, 2.45) is 0 Å². The third kappa shape index (κ3) is 6.13. The molecular formula is C29H25Cl2N5O3. The van der Waals surface area contributed by atoms with Gasteiger partial charge in [-0.1, -0.05) is 35.3 Å². The molecule has 0 bridgehead atoms. The first-order chi connectivity index (χ1) is 18.9. The molecule has 1 aromatic heterocycles. The number of amides is 2. The van der Waals surface area contributed by atoms with Crippen LogP contribution in [0.4, 0.5) is 11.5 Å². The van der Waals surface area contributed by atoms with Crippen LogP contribution in [0.1, 0.15) is 20.7 Å². The Hall–Kier alpha value is -4.14. The monoisotopic (exact) mass is 561 g/mol. The number of hydrogen-bond acceptors (Lipinski definition) is 6. The van der Waals surface area contributed by atoms with Crippen molar-refractivity contribution in [1.82, 2.24) is 19.8 Å². The van der Waals surface area contributed by atoms with Gasteiger partial charge in [0.25, 0.3) is 11.8 Å². The van der Waals surface area contributed by atoms with Crippen LogP contribution in [0.15, 0.2) is 79.1 Å². The molecule has 0 radical (unpaired) electrons. The van der Waals surface area contributed by atoms with E-state index in [9.17, 15) is 9.59 Å². The van der Waals surface area contributed by atoms with E-state index < -0.39 is 0 Å². The van der Waals surface area contributed by atoms with Crippen LogP contribution in [0.3, 0.4) is 0 Å². The Bertz CT molecular complexity index is 1490. The molecule has 1 fully saturated rings. The zero-order valence-electron chi connectivity index (χ0n) is 21.1. The molecule has 4 aromatic rings. The Morgan fingerprint density at radius 3 is 2.13 bits per heavy atom. The maximum Gasteiger partial charge on any atom is 0.255 e. The van der Waals surface area contributed by atoms with Crippen LogP contribution in [0.5, 0.6) is 5.75 Å². The number of ether oxygens (including phenoxy) is 1. The lowest BCUT2D eigenvalue weighted by molar-refractivity contribution is 0.0535. The predicted molar refractivity (Wildman–Crippen MR) is 152 cm³/mol. The Balaban J connectivity index is 1.20. The highest BCUT2D eigenvalue weighted by Gasteiger charge is 2.26. The molecule has 3 aromatic carbocycles. The van der Waals surface area contributed by atoms with E-state index in [-0.39, 0.29) is 11.8 Å². The second-order valence-electron chi connectivity index (χ2n) is 8.93. The van der Waals surface area contributed by atoms with E-state index in [0.29, 0.717) is 53.2 Å². The molecule has 1 aliphatic rings. The van der Waals surface area contributed by atoms with E-state index in [2.05, 4.69) is 15.3 Å². The van der Waals surface area contributed by atoms with Gasteiger partial charge in [0.05, 0.1) is 23.4 Å². The fourth-order valence-corrected chi connectivity index (χ4v) is 4.81. The van der Waals surface area contributed by atoms with Gasteiger partial charge in [-0.15, -0.1) is 0 Å². The van der Waals surface area contributed by atoms with Gasteiger partial charge in [-0.25, -0.2) is 9.97 Å². The molecule has 39 heavy (non-hydrogen) atoms. The Morgan fingerprint density at radius 2 is 1.49 bits per heavy atom. The van der Waals surface area contributed by atoms with Crippen molar-refractivity contribution in [3.05, 3.63) is 100 Å². The summed E-state index contributed by atoms with van der Waals surface area (Å²) in [5.41, 5.74) is 3.45. The van der Waals surface area contributed by atoms with Crippen molar-refractivity contribution in [1.29, 1.82) is 0 Å². The fourth-order valence-electron chi connectivity index (χ4n) is 4.32. The molecule has 0 spiro atoms. The first-order valence-electron chi connectivity index (χ1n) is 12.3. The van der Waals surface area contributed by atoms with Gasteiger partial charge < -0.3 is 19.9 Å². The largest absolute Gasteiger partial charge is 0.497 e. The first kappa shape index (κ1) is 26.5. The molecule has 0 saturated carbocycles. The second kappa shape index (κ2) is 11.7. The molecule has 1 saturated heterocycles. The molecule has 2 amide bonds. The van der Waals surface area contributed by atoms with E-state index in [0.717, 1.165) is 22.7 Å². The number of piperazine rings is 1. The minimum absolute atomic E-state index is 0.0808. The summed E-state index contributed by atoms with van der Waals surface area (Å²) < 4.78 is 5.20. The number of nitrogens with one attached hydrogen (secondary N) is 1. The highest BCUT2D eigenvalue weighted by atomic mass is 35.5. The van der Waals surface area contributed by atoms with Gasteiger partial charge in [0.1, 0.15) is 17.9 Å². The fraction of sp³-hybridized carbons (Fsp3) is 0.172. The number of benzene rings is 3. The Labute approximate surface area is 236 Å². The summed E-state index contributed by atoms with van der Waals surface area (Å²) in [6, 6.07) is 21.6. The van der Waals surface area contributed by atoms with Gasteiger partial charge in [-0.2, -0.15) is 0 Å². The summed E-state index contributed by atoms with van der Waals surface area (Å²) in [6.07, 6.45) is 1.50. The lowest BCUT2D eigenvalue weighted by atomic mass is 10.1. The number of nitrogens with zero attached hydrogens (tertiary/aromatic N) is 4. The summed E-state index contributed by atoms with van der Waals surface area (Å²) in [6.45, 7) is 1.71. The molecule has 0 unspecified atom stereocenters. The van der Waals surface area contributed by atoms with E-state index in [1.54, 1.807) is 47.2 Å².